The van der Waals surface area contributed by atoms with Crippen molar-refractivity contribution in [1.82, 2.24) is 9.55 Å². The lowest BCUT2D eigenvalue weighted by Crippen LogP contribution is -2.22. The van der Waals surface area contributed by atoms with Gasteiger partial charge in [-0.2, -0.15) is 0 Å². The van der Waals surface area contributed by atoms with Gasteiger partial charge in [-0.15, -0.1) is 11.3 Å². The van der Waals surface area contributed by atoms with Gasteiger partial charge in [-0.05, 0) is 35.4 Å². The fourth-order valence-electron chi connectivity index (χ4n) is 3.24. The summed E-state index contributed by atoms with van der Waals surface area (Å²) in [6, 6.07) is 18.0. The number of carbonyl (C=O) groups is 1. The number of hydrogen-bond donors (Lipinski definition) is 1. The second-order valence-electron chi connectivity index (χ2n) is 7.24. The lowest BCUT2D eigenvalue weighted by atomic mass is 10.2. The summed E-state index contributed by atoms with van der Waals surface area (Å²) in [4.78, 5) is 29.3. The molecule has 0 saturated carbocycles. The zero-order valence-corrected chi connectivity index (χ0v) is 19.3. The first-order chi connectivity index (χ1) is 15.5. The normalized spacial score (nSPS) is 10.8. The Balaban J connectivity index is 1.40. The fraction of sp³-hybridized carbons (Fsp3) is 0.125. The molecule has 8 heteroatoms. The molecule has 0 atom stereocenters. The summed E-state index contributed by atoms with van der Waals surface area (Å²) in [5.41, 5.74) is 2.97. The summed E-state index contributed by atoms with van der Waals surface area (Å²) in [6.45, 7) is 0.321. The molecule has 0 aliphatic carbocycles. The summed E-state index contributed by atoms with van der Waals surface area (Å²) in [7, 11) is 0. The molecular formula is C24H19Cl2N3O2S. The Kier molecular flexibility index (Phi) is 7.05. The van der Waals surface area contributed by atoms with Crippen LogP contribution in [-0.4, -0.2) is 15.5 Å². The molecule has 0 spiro atoms. The van der Waals surface area contributed by atoms with Gasteiger partial charge in [0.25, 0.3) is 5.56 Å². The minimum atomic E-state index is -0.201. The van der Waals surface area contributed by atoms with E-state index < -0.39 is 0 Å². The van der Waals surface area contributed by atoms with E-state index in [1.165, 1.54) is 22.0 Å². The number of nitrogens with one attached hydrogen (secondary N) is 1. The van der Waals surface area contributed by atoms with Crippen LogP contribution < -0.4 is 10.9 Å². The van der Waals surface area contributed by atoms with Crippen molar-refractivity contribution in [3.05, 3.63) is 114 Å². The Hall–Kier alpha value is -2.93. The van der Waals surface area contributed by atoms with Crippen LogP contribution in [0.5, 0.6) is 0 Å². The highest BCUT2D eigenvalue weighted by Gasteiger charge is 2.10. The molecule has 0 bridgehead atoms. The standard InChI is InChI=1S/C24H19Cl2N3O2S/c25-18-6-3-4-16(10-18)11-23-28-20(15-32-23)12-22(30)27-19-8-9-24(31)29(14-19)13-17-5-1-2-7-21(17)26/h1-10,14-15H,11-13H2,(H,27,30). The summed E-state index contributed by atoms with van der Waals surface area (Å²) in [5, 5.41) is 6.93. The van der Waals surface area contributed by atoms with Gasteiger partial charge in [0.2, 0.25) is 5.91 Å². The molecule has 1 N–H and O–H groups in total. The molecule has 4 rings (SSSR count). The predicted octanol–water partition coefficient (Wildman–Crippen LogP) is 5.43. The van der Waals surface area contributed by atoms with Crippen LogP contribution in [0.2, 0.25) is 10.0 Å². The first-order valence-corrected chi connectivity index (χ1v) is 11.5. The van der Waals surface area contributed by atoms with Crippen LogP contribution in [0.4, 0.5) is 5.69 Å². The second-order valence-corrected chi connectivity index (χ2v) is 9.03. The van der Waals surface area contributed by atoms with E-state index in [4.69, 9.17) is 23.2 Å². The van der Waals surface area contributed by atoms with E-state index in [9.17, 15) is 9.59 Å². The summed E-state index contributed by atoms with van der Waals surface area (Å²) in [6.07, 6.45) is 2.44. The average Bonchev–Trinajstić information content (AvgIpc) is 3.18. The van der Waals surface area contributed by atoms with E-state index in [1.54, 1.807) is 18.3 Å². The third-order valence-corrected chi connectivity index (χ3v) is 6.25. The van der Waals surface area contributed by atoms with Gasteiger partial charge in [-0.25, -0.2) is 4.98 Å². The van der Waals surface area contributed by atoms with Crippen molar-refractivity contribution in [2.75, 3.05) is 5.32 Å². The molecule has 32 heavy (non-hydrogen) atoms. The lowest BCUT2D eigenvalue weighted by molar-refractivity contribution is -0.115. The third-order valence-electron chi connectivity index (χ3n) is 4.75. The fourth-order valence-corrected chi connectivity index (χ4v) is 4.48. The van der Waals surface area contributed by atoms with Gasteiger partial charge < -0.3 is 9.88 Å². The van der Waals surface area contributed by atoms with Crippen molar-refractivity contribution in [2.45, 2.75) is 19.4 Å². The number of thiazole rings is 1. The largest absolute Gasteiger partial charge is 0.324 e. The number of nitrogens with zero attached hydrogens (tertiary/aromatic N) is 2. The van der Waals surface area contributed by atoms with Gasteiger partial charge in [-0.1, -0.05) is 53.5 Å². The second kappa shape index (κ2) is 10.1. The highest BCUT2D eigenvalue weighted by atomic mass is 35.5. The molecule has 0 fully saturated rings. The molecule has 1 amide bonds. The first-order valence-electron chi connectivity index (χ1n) is 9.88. The molecule has 2 aromatic carbocycles. The van der Waals surface area contributed by atoms with E-state index in [2.05, 4.69) is 10.3 Å². The Morgan fingerprint density at radius 1 is 1.06 bits per heavy atom. The Labute approximate surface area is 199 Å². The van der Waals surface area contributed by atoms with Crippen molar-refractivity contribution < 1.29 is 4.79 Å². The number of amides is 1. The molecular weight excluding hydrogens is 465 g/mol. The molecule has 0 aliphatic heterocycles. The zero-order chi connectivity index (χ0) is 22.5. The summed E-state index contributed by atoms with van der Waals surface area (Å²) < 4.78 is 1.52. The number of halogens is 2. The first kappa shape index (κ1) is 22.3. The predicted molar refractivity (Wildman–Crippen MR) is 130 cm³/mol. The monoisotopic (exact) mass is 483 g/mol. The Bertz CT molecular complexity index is 1320. The molecule has 4 aromatic rings. The molecule has 2 aromatic heterocycles. The van der Waals surface area contributed by atoms with E-state index in [0.717, 1.165) is 16.1 Å². The van der Waals surface area contributed by atoms with E-state index in [1.807, 2.05) is 47.8 Å². The van der Waals surface area contributed by atoms with E-state index in [0.29, 0.717) is 34.4 Å². The van der Waals surface area contributed by atoms with Crippen molar-refractivity contribution in [3.8, 4) is 0 Å². The smallest absolute Gasteiger partial charge is 0.250 e. The molecule has 0 radical (unpaired) electrons. The average molecular weight is 484 g/mol. The zero-order valence-electron chi connectivity index (χ0n) is 16.9. The number of aromatic nitrogens is 2. The molecule has 5 nitrogen and oxygen atoms in total. The van der Waals surface area contributed by atoms with Gasteiger partial charge in [0.15, 0.2) is 0 Å². The number of benzene rings is 2. The summed E-state index contributed by atoms with van der Waals surface area (Å²) in [5.74, 6) is -0.201. The lowest BCUT2D eigenvalue weighted by Gasteiger charge is -2.10. The highest BCUT2D eigenvalue weighted by molar-refractivity contribution is 7.09. The van der Waals surface area contributed by atoms with Crippen LogP contribution in [0.15, 0.2) is 77.0 Å². The van der Waals surface area contributed by atoms with Gasteiger partial charge in [0.05, 0.1) is 29.4 Å². The van der Waals surface area contributed by atoms with Gasteiger partial charge in [-0.3, -0.25) is 9.59 Å². The van der Waals surface area contributed by atoms with Crippen LogP contribution in [0, 0.1) is 0 Å². The van der Waals surface area contributed by atoms with Crippen molar-refractivity contribution in [1.29, 1.82) is 0 Å². The van der Waals surface area contributed by atoms with Crippen molar-refractivity contribution in [3.63, 3.8) is 0 Å². The summed E-state index contributed by atoms with van der Waals surface area (Å²) >= 11 is 13.8. The quantitative estimate of drug-likeness (QED) is 0.381. The minimum Gasteiger partial charge on any atom is -0.324 e. The van der Waals surface area contributed by atoms with E-state index in [-0.39, 0.29) is 17.9 Å². The molecule has 2 heterocycles. The number of anilines is 1. The number of rotatable bonds is 7. The van der Waals surface area contributed by atoms with E-state index >= 15 is 0 Å². The van der Waals surface area contributed by atoms with Crippen LogP contribution in [0.1, 0.15) is 21.8 Å². The Morgan fingerprint density at radius 3 is 2.72 bits per heavy atom. The molecule has 0 unspecified atom stereocenters. The minimum absolute atomic E-state index is 0.148. The maximum Gasteiger partial charge on any atom is 0.250 e. The SMILES string of the molecule is O=C(Cc1csc(Cc2cccc(Cl)c2)n1)Nc1ccc(=O)n(Cc2ccccc2Cl)c1. The van der Waals surface area contributed by atoms with Gasteiger partial charge in [0.1, 0.15) is 0 Å². The van der Waals surface area contributed by atoms with Crippen molar-refractivity contribution >= 4 is 46.1 Å². The Morgan fingerprint density at radius 2 is 1.91 bits per heavy atom. The van der Waals surface area contributed by atoms with Crippen molar-refractivity contribution in [2.24, 2.45) is 0 Å². The maximum atomic E-state index is 12.5. The van der Waals surface area contributed by atoms with Gasteiger partial charge >= 0.3 is 0 Å². The van der Waals surface area contributed by atoms with Crippen LogP contribution in [0.3, 0.4) is 0 Å². The molecule has 0 aliphatic rings. The van der Waals surface area contributed by atoms with Crippen LogP contribution in [-0.2, 0) is 24.2 Å². The number of hydrogen-bond acceptors (Lipinski definition) is 4. The number of carbonyl (C=O) groups excluding carboxylic acids is 1. The molecule has 0 saturated heterocycles. The van der Waals surface area contributed by atoms with Crippen LogP contribution >= 0.6 is 34.5 Å². The van der Waals surface area contributed by atoms with Crippen LogP contribution in [0.25, 0.3) is 0 Å². The number of pyridine rings is 1. The molecule has 162 valence electrons. The highest BCUT2D eigenvalue weighted by Crippen LogP contribution is 2.19. The topological polar surface area (TPSA) is 64.0 Å². The third kappa shape index (κ3) is 5.85. The maximum absolute atomic E-state index is 12.5. The van der Waals surface area contributed by atoms with Gasteiger partial charge in [0, 0.05) is 34.1 Å².